The van der Waals surface area contributed by atoms with Crippen molar-refractivity contribution in [2.75, 3.05) is 7.05 Å². The third kappa shape index (κ3) is 2.65. The minimum absolute atomic E-state index is 0.0712. The van der Waals surface area contributed by atoms with E-state index in [1.54, 1.807) is 13.1 Å². The van der Waals surface area contributed by atoms with E-state index in [1.807, 2.05) is 13.8 Å². The van der Waals surface area contributed by atoms with E-state index in [0.29, 0.717) is 15.2 Å². The summed E-state index contributed by atoms with van der Waals surface area (Å²) in [6.07, 6.45) is 0. The van der Waals surface area contributed by atoms with Gasteiger partial charge in [0.05, 0.1) is 3.79 Å². The zero-order chi connectivity index (χ0) is 12.5. The first-order chi connectivity index (χ1) is 7.30. The molecule has 0 atom stereocenters. The Balaban J connectivity index is 3.22. The first-order valence-electron chi connectivity index (χ1n) is 4.77. The molecular formula is C9H15BrN2O2S2. The van der Waals surface area contributed by atoms with Gasteiger partial charge in [-0.05, 0) is 35.8 Å². The minimum Gasteiger partial charge on any atom is -0.326 e. The van der Waals surface area contributed by atoms with E-state index < -0.39 is 10.0 Å². The van der Waals surface area contributed by atoms with E-state index in [0.717, 1.165) is 4.88 Å². The largest absolute Gasteiger partial charge is 0.326 e. The zero-order valence-corrected chi connectivity index (χ0v) is 12.6. The molecule has 0 radical (unpaired) electrons. The highest BCUT2D eigenvalue weighted by molar-refractivity contribution is 9.11. The Kier molecular flexibility index (Phi) is 4.53. The number of rotatable bonds is 4. The van der Waals surface area contributed by atoms with Gasteiger partial charge in [0.1, 0.15) is 4.90 Å². The lowest BCUT2D eigenvalue weighted by Gasteiger charge is -2.20. The maximum Gasteiger partial charge on any atom is 0.245 e. The van der Waals surface area contributed by atoms with Gasteiger partial charge >= 0.3 is 0 Å². The van der Waals surface area contributed by atoms with Crippen molar-refractivity contribution in [3.05, 3.63) is 14.7 Å². The average molecular weight is 327 g/mol. The van der Waals surface area contributed by atoms with Crippen molar-refractivity contribution in [1.82, 2.24) is 4.31 Å². The minimum atomic E-state index is -3.42. The molecule has 0 saturated heterocycles. The molecular weight excluding hydrogens is 312 g/mol. The van der Waals surface area contributed by atoms with Crippen molar-refractivity contribution in [3.8, 4) is 0 Å². The van der Waals surface area contributed by atoms with Gasteiger partial charge in [0.15, 0.2) is 0 Å². The summed E-state index contributed by atoms with van der Waals surface area (Å²) in [7, 11) is -1.84. The van der Waals surface area contributed by atoms with Gasteiger partial charge in [-0.25, -0.2) is 8.42 Å². The molecule has 0 aliphatic rings. The van der Waals surface area contributed by atoms with Crippen LogP contribution in [0.4, 0.5) is 0 Å². The summed E-state index contributed by atoms with van der Waals surface area (Å²) in [6, 6.07) is 1.56. The number of halogens is 1. The van der Waals surface area contributed by atoms with Crippen molar-refractivity contribution in [2.45, 2.75) is 31.3 Å². The summed E-state index contributed by atoms with van der Waals surface area (Å²) in [4.78, 5) is 1.15. The molecule has 0 unspecified atom stereocenters. The third-order valence-electron chi connectivity index (χ3n) is 2.29. The van der Waals surface area contributed by atoms with Gasteiger partial charge in [0.25, 0.3) is 0 Å². The number of thiophene rings is 1. The summed E-state index contributed by atoms with van der Waals surface area (Å²) < 4.78 is 26.3. The lowest BCUT2D eigenvalue weighted by Crippen LogP contribution is -2.32. The van der Waals surface area contributed by atoms with Crippen LogP contribution in [0.15, 0.2) is 14.7 Å². The van der Waals surface area contributed by atoms with Gasteiger partial charge in [-0.1, -0.05) is 0 Å². The van der Waals surface area contributed by atoms with Crippen LogP contribution in [0.25, 0.3) is 0 Å². The van der Waals surface area contributed by atoms with E-state index in [4.69, 9.17) is 5.73 Å². The Morgan fingerprint density at radius 1 is 1.56 bits per heavy atom. The summed E-state index contributed by atoms with van der Waals surface area (Å²) in [5.41, 5.74) is 5.49. The fraction of sp³-hybridized carbons (Fsp3) is 0.556. The molecule has 1 aromatic heterocycles. The summed E-state index contributed by atoms with van der Waals surface area (Å²) in [6.45, 7) is 4.02. The SMILES string of the molecule is CC(C)N(C)S(=O)(=O)c1cc(CN)sc1Br. The third-order valence-corrected chi connectivity index (χ3v) is 6.60. The van der Waals surface area contributed by atoms with Crippen LogP contribution in [-0.2, 0) is 16.6 Å². The molecule has 92 valence electrons. The van der Waals surface area contributed by atoms with E-state index in [1.165, 1.54) is 15.6 Å². The predicted molar refractivity (Wildman–Crippen MR) is 70.0 cm³/mol. The second-order valence-corrected chi connectivity index (χ2v) is 8.09. The fourth-order valence-corrected chi connectivity index (χ4v) is 4.98. The molecule has 0 aromatic carbocycles. The second kappa shape index (κ2) is 5.14. The average Bonchev–Trinajstić information content (AvgIpc) is 2.58. The number of hydrogen-bond donors (Lipinski definition) is 1. The van der Waals surface area contributed by atoms with Crippen molar-refractivity contribution in [2.24, 2.45) is 5.73 Å². The highest BCUT2D eigenvalue weighted by Gasteiger charge is 2.27. The van der Waals surface area contributed by atoms with Crippen LogP contribution in [-0.4, -0.2) is 25.8 Å². The van der Waals surface area contributed by atoms with Crippen molar-refractivity contribution >= 4 is 37.3 Å². The zero-order valence-electron chi connectivity index (χ0n) is 9.40. The van der Waals surface area contributed by atoms with Crippen LogP contribution in [0.2, 0.25) is 0 Å². The van der Waals surface area contributed by atoms with Crippen molar-refractivity contribution in [3.63, 3.8) is 0 Å². The molecule has 1 aromatic rings. The van der Waals surface area contributed by atoms with Crippen LogP contribution in [0.3, 0.4) is 0 Å². The number of hydrogen-bond acceptors (Lipinski definition) is 4. The summed E-state index contributed by atoms with van der Waals surface area (Å²) in [5, 5.41) is 0. The Morgan fingerprint density at radius 3 is 2.50 bits per heavy atom. The molecule has 0 fully saturated rings. The van der Waals surface area contributed by atoms with Gasteiger partial charge in [-0.15, -0.1) is 11.3 Å². The van der Waals surface area contributed by atoms with Crippen LogP contribution >= 0.6 is 27.3 Å². The van der Waals surface area contributed by atoms with Gasteiger partial charge in [-0.3, -0.25) is 0 Å². The van der Waals surface area contributed by atoms with Crippen molar-refractivity contribution in [1.29, 1.82) is 0 Å². The van der Waals surface area contributed by atoms with Crippen LogP contribution in [0, 0.1) is 0 Å². The first kappa shape index (κ1) is 14.1. The summed E-state index contributed by atoms with van der Waals surface area (Å²) >= 11 is 4.62. The Hall–Kier alpha value is 0.0500. The Labute approximate surface area is 109 Å². The van der Waals surface area contributed by atoms with Crippen LogP contribution in [0.5, 0.6) is 0 Å². The maximum absolute atomic E-state index is 12.2. The first-order valence-corrected chi connectivity index (χ1v) is 7.82. The molecule has 16 heavy (non-hydrogen) atoms. The quantitative estimate of drug-likeness (QED) is 0.920. The number of nitrogens with zero attached hydrogens (tertiary/aromatic N) is 1. The number of nitrogens with two attached hydrogens (primary N) is 1. The molecule has 7 heteroatoms. The van der Waals surface area contributed by atoms with E-state index in [2.05, 4.69) is 15.9 Å². The molecule has 1 heterocycles. The molecule has 0 spiro atoms. The van der Waals surface area contributed by atoms with Crippen molar-refractivity contribution < 1.29 is 8.42 Å². The topological polar surface area (TPSA) is 63.4 Å². The molecule has 2 N–H and O–H groups in total. The standard InChI is InChI=1S/C9H15BrN2O2S2/c1-6(2)12(3)16(13,14)8-4-7(5-11)15-9(8)10/h4,6H,5,11H2,1-3H3. The highest BCUT2D eigenvalue weighted by atomic mass is 79.9. The smallest absolute Gasteiger partial charge is 0.245 e. The molecule has 0 aliphatic carbocycles. The van der Waals surface area contributed by atoms with E-state index in [9.17, 15) is 8.42 Å². The van der Waals surface area contributed by atoms with Crippen LogP contribution in [0.1, 0.15) is 18.7 Å². The van der Waals surface area contributed by atoms with Gasteiger partial charge in [-0.2, -0.15) is 4.31 Å². The van der Waals surface area contributed by atoms with E-state index >= 15 is 0 Å². The van der Waals surface area contributed by atoms with Gasteiger partial charge in [0.2, 0.25) is 10.0 Å². The van der Waals surface area contributed by atoms with Gasteiger partial charge < -0.3 is 5.73 Å². The predicted octanol–water partition coefficient (Wildman–Crippen LogP) is 2.00. The molecule has 0 bridgehead atoms. The normalized spacial score (nSPS) is 12.7. The fourth-order valence-electron chi connectivity index (χ4n) is 1.11. The molecule has 0 aliphatic heterocycles. The van der Waals surface area contributed by atoms with Gasteiger partial charge in [0, 0.05) is 24.5 Å². The second-order valence-electron chi connectivity index (χ2n) is 3.67. The number of sulfonamides is 1. The lowest BCUT2D eigenvalue weighted by molar-refractivity contribution is 0.410. The maximum atomic E-state index is 12.2. The molecule has 4 nitrogen and oxygen atoms in total. The Bertz CT molecular complexity index is 468. The van der Waals surface area contributed by atoms with Crippen LogP contribution < -0.4 is 5.73 Å². The molecule has 0 saturated carbocycles. The van der Waals surface area contributed by atoms with E-state index in [-0.39, 0.29) is 6.04 Å². The molecule has 0 amide bonds. The monoisotopic (exact) mass is 326 g/mol. The summed E-state index contributed by atoms with van der Waals surface area (Å²) in [5.74, 6) is 0. The lowest BCUT2D eigenvalue weighted by atomic mass is 10.4. The highest BCUT2D eigenvalue weighted by Crippen LogP contribution is 2.33. The molecule has 1 rings (SSSR count). The Morgan fingerprint density at radius 2 is 2.12 bits per heavy atom.